The van der Waals surface area contributed by atoms with Crippen LogP contribution in [-0.4, -0.2) is 10.7 Å². The fraction of sp³-hybridized carbons (Fsp3) is 0.647. The summed E-state index contributed by atoms with van der Waals surface area (Å²) in [6.07, 6.45) is 8.59. The van der Waals surface area contributed by atoms with Crippen LogP contribution in [0.15, 0.2) is 22.7 Å². The zero-order valence-electron chi connectivity index (χ0n) is 12.2. The fourth-order valence-corrected chi connectivity index (χ4v) is 4.10. The molecule has 112 valence electrons. The van der Waals surface area contributed by atoms with Crippen LogP contribution in [0.3, 0.4) is 0 Å². The highest BCUT2D eigenvalue weighted by Crippen LogP contribution is 2.36. The molecule has 0 radical (unpaired) electrons. The van der Waals surface area contributed by atoms with Gasteiger partial charge in [0, 0.05) is 15.9 Å². The Balaban J connectivity index is 2.03. The summed E-state index contributed by atoms with van der Waals surface area (Å²) in [4.78, 5) is 0. The number of aliphatic hydroxyl groups is 1. The van der Waals surface area contributed by atoms with Gasteiger partial charge in [-0.15, -0.1) is 0 Å². The molecule has 0 amide bonds. The molecule has 1 aliphatic rings. The maximum atomic E-state index is 10.9. The van der Waals surface area contributed by atoms with Crippen molar-refractivity contribution in [3.8, 4) is 0 Å². The largest absolute Gasteiger partial charge is 0.390 e. The third-order valence-corrected chi connectivity index (χ3v) is 5.35. The Bertz CT molecular complexity index is 449. The predicted octanol–water partition coefficient (Wildman–Crippen LogP) is 5.76. The van der Waals surface area contributed by atoms with Gasteiger partial charge in [-0.2, -0.15) is 0 Å². The molecule has 2 rings (SSSR count). The number of benzene rings is 1. The van der Waals surface area contributed by atoms with Gasteiger partial charge < -0.3 is 5.11 Å². The molecule has 2 atom stereocenters. The van der Waals surface area contributed by atoms with Gasteiger partial charge in [-0.05, 0) is 42.9 Å². The maximum absolute atomic E-state index is 10.9. The Kier molecular flexibility index (Phi) is 5.95. The lowest BCUT2D eigenvalue weighted by atomic mass is 9.86. The van der Waals surface area contributed by atoms with Gasteiger partial charge in [-0.1, -0.05) is 66.2 Å². The van der Waals surface area contributed by atoms with Crippen molar-refractivity contribution in [3.05, 3.63) is 33.3 Å². The second kappa shape index (κ2) is 7.29. The van der Waals surface area contributed by atoms with E-state index in [1.807, 2.05) is 18.2 Å². The molecule has 2 unspecified atom stereocenters. The van der Waals surface area contributed by atoms with Gasteiger partial charge in [0.1, 0.15) is 0 Å². The molecule has 0 heterocycles. The second-order valence-corrected chi connectivity index (χ2v) is 7.55. The summed E-state index contributed by atoms with van der Waals surface area (Å²) in [6, 6.07) is 5.94. The van der Waals surface area contributed by atoms with Gasteiger partial charge in [0.05, 0.1) is 5.60 Å². The van der Waals surface area contributed by atoms with E-state index in [1.165, 1.54) is 19.3 Å². The highest BCUT2D eigenvalue weighted by molar-refractivity contribution is 9.10. The number of rotatable bonds is 4. The Morgan fingerprint density at radius 2 is 2.15 bits per heavy atom. The first-order chi connectivity index (χ1) is 9.52. The molecule has 0 saturated heterocycles. The Hall–Kier alpha value is -0.0500. The monoisotopic (exact) mass is 358 g/mol. The van der Waals surface area contributed by atoms with Crippen LogP contribution < -0.4 is 0 Å². The minimum atomic E-state index is -0.569. The molecule has 0 aromatic heterocycles. The molecule has 1 aliphatic carbocycles. The van der Waals surface area contributed by atoms with Gasteiger partial charge >= 0.3 is 0 Å². The number of hydrogen-bond acceptors (Lipinski definition) is 1. The van der Waals surface area contributed by atoms with Crippen LogP contribution in [-0.2, 0) is 6.42 Å². The quantitative estimate of drug-likeness (QED) is 0.678. The first-order valence-electron chi connectivity index (χ1n) is 7.69. The molecular formula is C17H24BrClO. The van der Waals surface area contributed by atoms with E-state index in [0.717, 1.165) is 46.7 Å². The first-order valence-corrected chi connectivity index (χ1v) is 8.86. The standard InChI is InChI=1S/C17H24BrClO/c1-2-4-13-5-3-9-17(20,10-8-13)12-14-6-7-15(18)11-16(14)19/h6-7,11,13,20H,2-5,8-10,12H2,1H3. The SMILES string of the molecule is CCCC1CCCC(O)(Cc2ccc(Br)cc2Cl)CC1. The number of halogens is 2. The molecule has 0 aliphatic heterocycles. The minimum absolute atomic E-state index is 0.569. The van der Waals surface area contributed by atoms with Gasteiger partial charge in [0.15, 0.2) is 0 Å². The van der Waals surface area contributed by atoms with Crippen molar-refractivity contribution in [2.75, 3.05) is 0 Å². The number of hydrogen-bond donors (Lipinski definition) is 1. The van der Waals surface area contributed by atoms with Crippen LogP contribution in [0.5, 0.6) is 0 Å². The predicted molar refractivity (Wildman–Crippen MR) is 89.3 cm³/mol. The van der Waals surface area contributed by atoms with Crippen molar-refractivity contribution in [2.45, 2.75) is 63.9 Å². The summed E-state index contributed by atoms with van der Waals surface area (Å²) in [7, 11) is 0. The summed E-state index contributed by atoms with van der Waals surface area (Å²) in [6.45, 7) is 2.25. The van der Waals surface area contributed by atoms with E-state index in [-0.39, 0.29) is 0 Å². The summed E-state index contributed by atoms with van der Waals surface area (Å²) in [5, 5.41) is 11.7. The van der Waals surface area contributed by atoms with E-state index in [2.05, 4.69) is 22.9 Å². The van der Waals surface area contributed by atoms with Crippen molar-refractivity contribution >= 4 is 27.5 Å². The molecule has 3 heteroatoms. The van der Waals surface area contributed by atoms with E-state index in [4.69, 9.17) is 11.6 Å². The van der Waals surface area contributed by atoms with Crippen LogP contribution >= 0.6 is 27.5 Å². The third kappa shape index (κ3) is 4.47. The van der Waals surface area contributed by atoms with E-state index >= 15 is 0 Å². The van der Waals surface area contributed by atoms with E-state index in [1.54, 1.807) is 0 Å². The molecule has 0 spiro atoms. The molecule has 1 nitrogen and oxygen atoms in total. The zero-order chi connectivity index (χ0) is 14.6. The highest BCUT2D eigenvalue weighted by atomic mass is 79.9. The van der Waals surface area contributed by atoms with Gasteiger partial charge in [0.25, 0.3) is 0 Å². The second-order valence-electron chi connectivity index (χ2n) is 6.22. The van der Waals surface area contributed by atoms with Crippen molar-refractivity contribution in [1.82, 2.24) is 0 Å². The first kappa shape index (κ1) is 16.3. The zero-order valence-corrected chi connectivity index (χ0v) is 14.5. The van der Waals surface area contributed by atoms with E-state index in [0.29, 0.717) is 6.42 Å². The Morgan fingerprint density at radius 1 is 1.35 bits per heavy atom. The lowest BCUT2D eigenvalue weighted by molar-refractivity contribution is 0.0241. The topological polar surface area (TPSA) is 20.2 Å². The summed E-state index contributed by atoms with van der Waals surface area (Å²) in [5.41, 5.74) is 0.492. The molecule has 1 N–H and O–H groups in total. The molecule has 1 aromatic rings. The van der Waals surface area contributed by atoms with Gasteiger partial charge in [0.2, 0.25) is 0 Å². The van der Waals surface area contributed by atoms with Crippen molar-refractivity contribution in [2.24, 2.45) is 5.92 Å². The minimum Gasteiger partial charge on any atom is -0.390 e. The highest BCUT2D eigenvalue weighted by Gasteiger charge is 2.31. The van der Waals surface area contributed by atoms with Crippen LogP contribution in [0, 0.1) is 5.92 Å². The molecule has 1 saturated carbocycles. The maximum Gasteiger partial charge on any atom is 0.0688 e. The fourth-order valence-electron chi connectivity index (χ4n) is 3.36. The molecular weight excluding hydrogens is 336 g/mol. The third-order valence-electron chi connectivity index (χ3n) is 4.50. The molecule has 1 fully saturated rings. The lowest BCUT2D eigenvalue weighted by Gasteiger charge is -2.27. The van der Waals surface area contributed by atoms with Crippen molar-refractivity contribution in [3.63, 3.8) is 0 Å². The van der Waals surface area contributed by atoms with Crippen LogP contribution in [0.2, 0.25) is 5.02 Å². The summed E-state index contributed by atoms with van der Waals surface area (Å²) in [5.74, 6) is 0.800. The summed E-state index contributed by atoms with van der Waals surface area (Å²) >= 11 is 9.71. The lowest BCUT2D eigenvalue weighted by Crippen LogP contribution is -2.30. The van der Waals surface area contributed by atoms with Crippen molar-refractivity contribution < 1.29 is 5.11 Å². The molecule has 20 heavy (non-hydrogen) atoms. The molecule has 1 aromatic carbocycles. The van der Waals surface area contributed by atoms with E-state index < -0.39 is 5.60 Å². The Morgan fingerprint density at radius 3 is 2.85 bits per heavy atom. The van der Waals surface area contributed by atoms with Crippen LogP contribution in [0.4, 0.5) is 0 Å². The van der Waals surface area contributed by atoms with E-state index in [9.17, 15) is 5.11 Å². The van der Waals surface area contributed by atoms with Crippen molar-refractivity contribution in [1.29, 1.82) is 0 Å². The van der Waals surface area contributed by atoms with Gasteiger partial charge in [-0.25, -0.2) is 0 Å². The van der Waals surface area contributed by atoms with Crippen LogP contribution in [0.25, 0.3) is 0 Å². The van der Waals surface area contributed by atoms with Crippen LogP contribution in [0.1, 0.15) is 57.4 Å². The normalized spacial score (nSPS) is 27.3. The smallest absolute Gasteiger partial charge is 0.0688 e. The molecule has 0 bridgehead atoms. The average molecular weight is 360 g/mol. The summed E-state index contributed by atoms with van der Waals surface area (Å²) < 4.78 is 0.988. The average Bonchev–Trinajstić information content (AvgIpc) is 2.57. The van der Waals surface area contributed by atoms with Gasteiger partial charge in [-0.3, -0.25) is 0 Å². The Labute approximate surface area is 135 Å².